The largest absolute Gasteiger partial charge is 0.339 e. The quantitative estimate of drug-likeness (QED) is 0.722. The molecule has 94 valence electrons. The molecular weight excluding hydrogens is 220 g/mol. The van der Waals surface area contributed by atoms with E-state index in [-0.39, 0.29) is 6.04 Å². The van der Waals surface area contributed by atoms with Crippen LogP contribution in [0.25, 0.3) is 0 Å². The minimum atomic E-state index is 0.0510. The fourth-order valence-corrected chi connectivity index (χ4v) is 2.96. The fourth-order valence-electron chi connectivity index (χ4n) is 2.16. The summed E-state index contributed by atoms with van der Waals surface area (Å²) in [5.41, 5.74) is 0. The molecule has 0 aromatic rings. The predicted octanol–water partition coefficient (Wildman–Crippen LogP) is 1.73. The van der Waals surface area contributed by atoms with Gasteiger partial charge in [0.05, 0.1) is 6.04 Å². The Morgan fingerprint density at radius 1 is 1.62 bits per heavy atom. The zero-order valence-corrected chi connectivity index (χ0v) is 11.5. The summed E-state index contributed by atoms with van der Waals surface area (Å²) in [6, 6.07) is 0.442. The van der Waals surface area contributed by atoms with Gasteiger partial charge in [-0.15, -0.1) is 0 Å². The molecule has 0 spiro atoms. The van der Waals surface area contributed by atoms with Crippen LogP contribution in [0.2, 0.25) is 0 Å². The minimum absolute atomic E-state index is 0.0510. The molecule has 1 amide bonds. The Kier molecular flexibility index (Phi) is 6.21. The zero-order chi connectivity index (χ0) is 12.0. The average Bonchev–Trinajstić information content (AvgIpc) is 2.29. The Hall–Kier alpha value is -0.220. The van der Waals surface area contributed by atoms with Gasteiger partial charge < -0.3 is 10.2 Å². The normalized spacial score (nSPS) is 23.6. The summed E-state index contributed by atoms with van der Waals surface area (Å²) in [4.78, 5) is 14.1. The number of likely N-dealkylation sites (tertiary alicyclic amines) is 1. The van der Waals surface area contributed by atoms with Crippen LogP contribution in [0, 0.1) is 0 Å². The van der Waals surface area contributed by atoms with Crippen molar-refractivity contribution in [3.63, 3.8) is 0 Å². The van der Waals surface area contributed by atoms with E-state index in [0.29, 0.717) is 11.9 Å². The van der Waals surface area contributed by atoms with Crippen molar-refractivity contribution in [2.75, 3.05) is 25.1 Å². The van der Waals surface area contributed by atoms with Crippen molar-refractivity contribution in [2.24, 2.45) is 0 Å². The van der Waals surface area contributed by atoms with E-state index in [2.05, 4.69) is 24.1 Å². The number of nitrogens with one attached hydrogen (secondary N) is 1. The van der Waals surface area contributed by atoms with E-state index in [1.54, 1.807) is 0 Å². The number of rotatable bonds is 6. The summed E-state index contributed by atoms with van der Waals surface area (Å²) in [5.74, 6) is 2.62. The highest BCUT2D eigenvalue weighted by Crippen LogP contribution is 2.17. The Morgan fingerprint density at radius 2 is 2.38 bits per heavy atom. The molecule has 0 radical (unpaired) electrons. The number of nitrogens with zero attached hydrogens (tertiary/aromatic N) is 1. The van der Waals surface area contributed by atoms with Crippen molar-refractivity contribution in [1.82, 2.24) is 10.2 Å². The number of amides is 1. The lowest BCUT2D eigenvalue weighted by molar-refractivity contribution is -0.138. The molecule has 1 heterocycles. The molecule has 2 atom stereocenters. The number of hydrogen-bond acceptors (Lipinski definition) is 3. The summed E-state index contributed by atoms with van der Waals surface area (Å²) < 4.78 is 0. The molecule has 0 aromatic carbocycles. The molecule has 1 saturated heterocycles. The summed E-state index contributed by atoms with van der Waals surface area (Å²) in [6.45, 7) is 5.29. The second kappa shape index (κ2) is 7.17. The fraction of sp³-hybridized carbons (Fsp3) is 0.917. The highest BCUT2D eigenvalue weighted by Gasteiger charge is 2.29. The minimum Gasteiger partial charge on any atom is -0.339 e. The molecule has 1 rings (SSSR count). The van der Waals surface area contributed by atoms with E-state index in [1.807, 2.05) is 18.8 Å². The molecule has 1 aliphatic heterocycles. The third-order valence-electron chi connectivity index (χ3n) is 3.24. The third-order valence-corrected chi connectivity index (χ3v) is 4.17. The Morgan fingerprint density at radius 3 is 3.00 bits per heavy atom. The van der Waals surface area contributed by atoms with Gasteiger partial charge in [0, 0.05) is 12.6 Å². The maximum atomic E-state index is 12.1. The van der Waals surface area contributed by atoms with Gasteiger partial charge in [0.1, 0.15) is 0 Å². The topological polar surface area (TPSA) is 32.3 Å². The number of carbonyl (C=O) groups is 1. The van der Waals surface area contributed by atoms with Crippen molar-refractivity contribution in [3.05, 3.63) is 0 Å². The second-order valence-corrected chi connectivity index (χ2v) is 5.74. The van der Waals surface area contributed by atoms with Crippen LogP contribution in [0.15, 0.2) is 0 Å². The van der Waals surface area contributed by atoms with Gasteiger partial charge in [-0.05, 0) is 44.7 Å². The summed E-state index contributed by atoms with van der Waals surface area (Å²) >= 11 is 1.95. The first-order chi connectivity index (χ1) is 7.70. The van der Waals surface area contributed by atoms with Gasteiger partial charge in [-0.25, -0.2) is 0 Å². The molecule has 0 saturated carbocycles. The van der Waals surface area contributed by atoms with Crippen LogP contribution in [0.4, 0.5) is 0 Å². The lowest BCUT2D eigenvalue weighted by Crippen LogP contribution is -2.52. The summed E-state index contributed by atoms with van der Waals surface area (Å²) in [7, 11) is 1.88. The van der Waals surface area contributed by atoms with Crippen LogP contribution in [0.1, 0.15) is 33.1 Å². The van der Waals surface area contributed by atoms with E-state index < -0.39 is 0 Å². The van der Waals surface area contributed by atoms with Crippen LogP contribution < -0.4 is 5.32 Å². The van der Waals surface area contributed by atoms with Crippen LogP contribution in [-0.2, 0) is 4.79 Å². The molecule has 1 aliphatic rings. The second-order valence-electron chi connectivity index (χ2n) is 4.35. The van der Waals surface area contributed by atoms with Crippen LogP contribution in [-0.4, -0.2) is 48.0 Å². The molecule has 3 nitrogen and oxygen atoms in total. The summed E-state index contributed by atoms with van der Waals surface area (Å²) in [6.07, 6.45) is 3.23. The third kappa shape index (κ3) is 3.67. The molecular formula is C12H24N2OS. The number of carbonyl (C=O) groups excluding carboxylic acids is 1. The zero-order valence-electron chi connectivity index (χ0n) is 10.7. The lowest BCUT2D eigenvalue weighted by atomic mass is 10.0. The molecule has 0 bridgehead atoms. The van der Waals surface area contributed by atoms with E-state index in [0.717, 1.165) is 31.6 Å². The number of piperidine rings is 1. The standard InChI is InChI=1S/C12H24N2OS/c1-4-16-9-7-10(2)14-8-5-6-11(13-3)12(14)15/h10-11,13H,4-9H2,1-3H3. The van der Waals surface area contributed by atoms with Crippen molar-refractivity contribution in [2.45, 2.75) is 45.2 Å². The number of likely N-dealkylation sites (N-methyl/N-ethyl adjacent to an activating group) is 1. The van der Waals surface area contributed by atoms with Gasteiger partial charge in [0.2, 0.25) is 5.91 Å². The lowest BCUT2D eigenvalue weighted by Gasteiger charge is -2.36. The van der Waals surface area contributed by atoms with Crippen LogP contribution in [0.3, 0.4) is 0 Å². The maximum Gasteiger partial charge on any atom is 0.239 e. The molecule has 1 N–H and O–H groups in total. The Bertz CT molecular complexity index is 223. The van der Waals surface area contributed by atoms with E-state index in [4.69, 9.17) is 0 Å². The molecule has 0 aromatic heterocycles. The highest BCUT2D eigenvalue weighted by atomic mass is 32.2. The van der Waals surface area contributed by atoms with Gasteiger partial charge in [-0.1, -0.05) is 6.92 Å². The smallest absolute Gasteiger partial charge is 0.239 e. The first-order valence-corrected chi connectivity index (χ1v) is 7.41. The Labute approximate surface area is 103 Å². The molecule has 16 heavy (non-hydrogen) atoms. The van der Waals surface area contributed by atoms with Gasteiger partial charge >= 0.3 is 0 Å². The van der Waals surface area contributed by atoms with E-state index >= 15 is 0 Å². The van der Waals surface area contributed by atoms with Gasteiger partial charge in [-0.3, -0.25) is 4.79 Å². The first-order valence-electron chi connectivity index (χ1n) is 6.26. The van der Waals surface area contributed by atoms with E-state index in [9.17, 15) is 4.79 Å². The molecule has 4 heteroatoms. The van der Waals surface area contributed by atoms with Crippen molar-refractivity contribution < 1.29 is 4.79 Å². The monoisotopic (exact) mass is 244 g/mol. The maximum absolute atomic E-state index is 12.1. The molecule has 2 unspecified atom stereocenters. The van der Waals surface area contributed by atoms with Crippen LogP contribution >= 0.6 is 11.8 Å². The average molecular weight is 244 g/mol. The predicted molar refractivity (Wildman–Crippen MR) is 70.9 cm³/mol. The van der Waals surface area contributed by atoms with Gasteiger partial charge in [0.15, 0.2) is 0 Å². The SMILES string of the molecule is CCSCCC(C)N1CCCC(NC)C1=O. The molecule has 0 aliphatic carbocycles. The van der Waals surface area contributed by atoms with Crippen molar-refractivity contribution in [3.8, 4) is 0 Å². The van der Waals surface area contributed by atoms with Gasteiger partial charge in [-0.2, -0.15) is 11.8 Å². The summed E-state index contributed by atoms with van der Waals surface area (Å²) in [5, 5.41) is 3.11. The number of hydrogen-bond donors (Lipinski definition) is 1. The van der Waals surface area contributed by atoms with Crippen molar-refractivity contribution >= 4 is 17.7 Å². The molecule has 1 fully saturated rings. The number of thioether (sulfide) groups is 1. The first kappa shape index (κ1) is 13.8. The van der Waals surface area contributed by atoms with Crippen LogP contribution in [0.5, 0.6) is 0 Å². The Balaban J connectivity index is 2.41. The van der Waals surface area contributed by atoms with Crippen molar-refractivity contribution in [1.29, 1.82) is 0 Å². The van der Waals surface area contributed by atoms with Gasteiger partial charge in [0.25, 0.3) is 0 Å². The highest BCUT2D eigenvalue weighted by molar-refractivity contribution is 7.99. The van der Waals surface area contributed by atoms with E-state index in [1.165, 1.54) is 5.75 Å².